The number of aliphatic hydroxyl groups excluding tert-OH is 1. The van der Waals surface area contributed by atoms with E-state index in [1.54, 1.807) is 0 Å². The molecule has 1 heterocycles. The molecule has 0 unspecified atom stereocenters. The molecular weight excluding hydrogens is 347 g/mol. The molecule has 0 aromatic carbocycles. The average Bonchev–Trinajstić information content (AvgIpc) is 2.38. The SMILES string of the molecule is Cc1c(NCCO)nc(F)c(F)c1C(F)(C(F)(F)F)C(F)(F)F. The Labute approximate surface area is 123 Å². The highest BCUT2D eigenvalue weighted by atomic mass is 19.4. The molecular formula is C11H9F9N2O. The molecule has 1 aromatic rings. The minimum absolute atomic E-state index is 0.449. The minimum Gasteiger partial charge on any atom is -0.395 e. The molecule has 0 saturated heterocycles. The van der Waals surface area contributed by atoms with Gasteiger partial charge >= 0.3 is 18.0 Å². The lowest BCUT2D eigenvalue weighted by molar-refractivity contribution is -0.349. The van der Waals surface area contributed by atoms with Crippen molar-refractivity contribution < 1.29 is 44.6 Å². The number of aromatic nitrogens is 1. The first-order chi connectivity index (χ1) is 10.3. The third kappa shape index (κ3) is 3.16. The maximum atomic E-state index is 14.0. The second kappa shape index (κ2) is 6.06. The maximum Gasteiger partial charge on any atom is 0.436 e. The van der Waals surface area contributed by atoms with Crippen molar-refractivity contribution in [3.8, 4) is 0 Å². The largest absolute Gasteiger partial charge is 0.436 e. The summed E-state index contributed by atoms with van der Waals surface area (Å²) in [6.07, 6.45) is -13.2. The van der Waals surface area contributed by atoms with Crippen LogP contribution in [0.1, 0.15) is 11.1 Å². The summed E-state index contributed by atoms with van der Waals surface area (Å²) >= 11 is 0. The van der Waals surface area contributed by atoms with Gasteiger partial charge in [0.25, 0.3) is 5.95 Å². The van der Waals surface area contributed by atoms with Gasteiger partial charge in [0.1, 0.15) is 5.82 Å². The normalized spacial score (nSPS) is 13.3. The van der Waals surface area contributed by atoms with Gasteiger partial charge in [-0.05, 0) is 6.92 Å². The summed E-state index contributed by atoms with van der Waals surface area (Å²) in [5.74, 6) is -6.00. The number of alkyl halides is 7. The van der Waals surface area contributed by atoms with Gasteiger partial charge < -0.3 is 10.4 Å². The zero-order valence-corrected chi connectivity index (χ0v) is 11.2. The van der Waals surface area contributed by atoms with Crippen LogP contribution in [-0.2, 0) is 5.67 Å². The number of rotatable bonds is 4. The molecule has 132 valence electrons. The molecule has 1 rings (SSSR count). The summed E-state index contributed by atoms with van der Waals surface area (Å²) in [6.45, 7) is -0.583. The highest BCUT2D eigenvalue weighted by Crippen LogP contribution is 2.55. The van der Waals surface area contributed by atoms with E-state index in [1.165, 1.54) is 0 Å². The van der Waals surface area contributed by atoms with Gasteiger partial charge in [0.2, 0.25) is 0 Å². The summed E-state index contributed by atoms with van der Waals surface area (Å²) in [7, 11) is 0. The molecule has 12 heteroatoms. The minimum atomic E-state index is -6.60. The van der Waals surface area contributed by atoms with Gasteiger partial charge in [-0.2, -0.15) is 35.7 Å². The summed E-state index contributed by atoms with van der Waals surface area (Å²) in [6, 6.07) is 0. The molecule has 0 aliphatic carbocycles. The van der Waals surface area contributed by atoms with Crippen LogP contribution < -0.4 is 5.32 Å². The molecule has 0 radical (unpaired) electrons. The zero-order valence-electron chi connectivity index (χ0n) is 11.2. The van der Waals surface area contributed by atoms with Crippen LogP contribution in [-0.4, -0.2) is 35.6 Å². The van der Waals surface area contributed by atoms with Gasteiger partial charge in [0, 0.05) is 12.1 Å². The standard InChI is InChI=1S/C11H9F9N2O/c1-4-5(9(14,10(15,16)17)11(18,19)20)6(12)7(13)22-8(4)21-2-3-23/h23H,2-3H2,1H3,(H,21,22). The number of anilines is 1. The van der Waals surface area contributed by atoms with Crippen LogP contribution in [0.25, 0.3) is 0 Å². The van der Waals surface area contributed by atoms with Crippen LogP contribution in [0.4, 0.5) is 45.3 Å². The molecule has 0 atom stereocenters. The Balaban J connectivity index is 3.77. The first-order valence-electron chi connectivity index (χ1n) is 5.82. The first-order valence-corrected chi connectivity index (χ1v) is 5.82. The second-order valence-corrected chi connectivity index (χ2v) is 4.37. The number of hydrogen-bond acceptors (Lipinski definition) is 3. The van der Waals surface area contributed by atoms with E-state index < -0.39 is 59.9 Å². The third-order valence-corrected chi connectivity index (χ3v) is 2.87. The molecule has 3 nitrogen and oxygen atoms in total. The van der Waals surface area contributed by atoms with E-state index in [9.17, 15) is 39.5 Å². The fourth-order valence-electron chi connectivity index (χ4n) is 1.82. The maximum absolute atomic E-state index is 14.0. The summed E-state index contributed by atoms with van der Waals surface area (Å²) in [5, 5.41) is 10.5. The fraction of sp³-hybridized carbons (Fsp3) is 0.545. The van der Waals surface area contributed by atoms with Crippen molar-refractivity contribution in [3.63, 3.8) is 0 Å². The average molecular weight is 356 g/mol. The lowest BCUT2D eigenvalue weighted by Crippen LogP contribution is -2.51. The quantitative estimate of drug-likeness (QED) is 0.642. The van der Waals surface area contributed by atoms with Crippen LogP contribution in [0, 0.1) is 18.7 Å². The van der Waals surface area contributed by atoms with Gasteiger partial charge in [-0.3, -0.25) is 0 Å². The Morgan fingerprint density at radius 1 is 1.00 bits per heavy atom. The van der Waals surface area contributed by atoms with E-state index in [1.807, 2.05) is 5.32 Å². The summed E-state index contributed by atoms with van der Waals surface area (Å²) < 4.78 is 117. The Bertz CT molecular complexity index is 568. The van der Waals surface area contributed by atoms with E-state index in [0.29, 0.717) is 6.92 Å². The number of nitrogens with zero attached hydrogens (tertiary/aromatic N) is 1. The number of nitrogens with one attached hydrogen (secondary N) is 1. The van der Waals surface area contributed by atoms with Crippen LogP contribution in [0.5, 0.6) is 0 Å². The van der Waals surface area contributed by atoms with Gasteiger partial charge in [-0.25, -0.2) is 8.78 Å². The van der Waals surface area contributed by atoms with E-state index in [0.717, 1.165) is 0 Å². The summed E-state index contributed by atoms with van der Waals surface area (Å²) in [5.41, 5.74) is -9.92. The van der Waals surface area contributed by atoms with Crippen LogP contribution in [0.15, 0.2) is 0 Å². The van der Waals surface area contributed by atoms with Crippen molar-refractivity contribution in [2.45, 2.75) is 24.9 Å². The van der Waals surface area contributed by atoms with Crippen molar-refractivity contribution in [3.05, 3.63) is 22.9 Å². The van der Waals surface area contributed by atoms with E-state index >= 15 is 0 Å². The van der Waals surface area contributed by atoms with Gasteiger partial charge in [-0.1, -0.05) is 0 Å². The van der Waals surface area contributed by atoms with Gasteiger partial charge in [-0.15, -0.1) is 0 Å². The van der Waals surface area contributed by atoms with Crippen molar-refractivity contribution in [2.75, 3.05) is 18.5 Å². The topological polar surface area (TPSA) is 45.1 Å². The lowest BCUT2D eigenvalue weighted by atomic mass is 9.90. The number of pyridine rings is 1. The van der Waals surface area contributed by atoms with Crippen LogP contribution >= 0.6 is 0 Å². The summed E-state index contributed by atoms with van der Waals surface area (Å²) in [4.78, 5) is 2.78. The Hall–Kier alpha value is -1.72. The number of aliphatic hydroxyl groups is 1. The molecule has 0 fully saturated rings. The third-order valence-electron chi connectivity index (χ3n) is 2.87. The van der Waals surface area contributed by atoms with Gasteiger partial charge in [0.15, 0.2) is 5.82 Å². The highest BCUT2D eigenvalue weighted by molar-refractivity contribution is 5.51. The van der Waals surface area contributed by atoms with Crippen LogP contribution in [0.2, 0.25) is 0 Å². The number of hydrogen-bond donors (Lipinski definition) is 2. The lowest BCUT2D eigenvalue weighted by Gasteiger charge is -2.32. The number of halogens is 9. The predicted octanol–water partition coefficient (Wildman–Crippen LogP) is 3.36. The Morgan fingerprint density at radius 3 is 1.87 bits per heavy atom. The Morgan fingerprint density at radius 2 is 1.48 bits per heavy atom. The molecule has 0 aliphatic heterocycles. The molecule has 23 heavy (non-hydrogen) atoms. The van der Waals surface area contributed by atoms with Crippen molar-refractivity contribution >= 4 is 5.82 Å². The predicted molar refractivity (Wildman–Crippen MR) is 59.4 cm³/mol. The first kappa shape index (κ1) is 19.3. The van der Waals surface area contributed by atoms with E-state index in [-0.39, 0.29) is 0 Å². The van der Waals surface area contributed by atoms with Crippen LogP contribution in [0.3, 0.4) is 0 Å². The Kier molecular flexibility index (Phi) is 5.09. The molecule has 1 aromatic heterocycles. The van der Waals surface area contributed by atoms with E-state index in [2.05, 4.69) is 4.98 Å². The van der Waals surface area contributed by atoms with E-state index in [4.69, 9.17) is 5.11 Å². The fourth-order valence-corrected chi connectivity index (χ4v) is 1.82. The zero-order chi connectivity index (χ0) is 18.2. The molecule has 0 amide bonds. The monoisotopic (exact) mass is 356 g/mol. The molecule has 0 spiro atoms. The molecule has 2 N–H and O–H groups in total. The molecule has 0 bridgehead atoms. The van der Waals surface area contributed by atoms with Crippen molar-refractivity contribution in [2.24, 2.45) is 0 Å². The smallest absolute Gasteiger partial charge is 0.395 e. The van der Waals surface area contributed by atoms with Gasteiger partial charge in [0.05, 0.1) is 12.2 Å². The second-order valence-electron chi connectivity index (χ2n) is 4.37. The highest BCUT2D eigenvalue weighted by Gasteiger charge is 2.75. The molecule has 0 aliphatic rings. The molecule has 0 saturated carbocycles. The van der Waals surface area contributed by atoms with Crippen molar-refractivity contribution in [1.29, 1.82) is 0 Å². The van der Waals surface area contributed by atoms with Crippen molar-refractivity contribution in [1.82, 2.24) is 4.98 Å².